The van der Waals surface area contributed by atoms with Crippen molar-refractivity contribution in [3.63, 3.8) is 0 Å². The highest BCUT2D eigenvalue weighted by molar-refractivity contribution is 5.79. The normalized spacial score (nSPS) is 21.4. The molecule has 1 fully saturated rings. The Balaban J connectivity index is 1.68. The Hall–Kier alpha value is -3.26. The first kappa shape index (κ1) is 23.9. The van der Waals surface area contributed by atoms with E-state index in [-0.39, 0.29) is 25.2 Å². The van der Waals surface area contributed by atoms with Crippen LogP contribution in [0.3, 0.4) is 0 Å². The van der Waals surface area contributed by atoms with Crippen LogP contribution < -0.4 is 14.2 Å². The van der Waals surface area contributed by atoms with Gasteiger partial charge in [-0.05, 0) is 41.8 Å². The molecule has 0 radical (unpaired) electrons. The number of carboxylic acid groups (broad SMARTS) is 1. The number of methoxy groups -OCH3 is 1. The van der Waals surface area contributed by atoms with Gasteiger partial charge in [-0.2, -0.15) is 0 Å². The minimum Gasteiger partial charge on any atom is -0.497 e. The van der Waals surface area contributed by atoms with E-state index < -0.39 is 17.9 Å². The highest BCUT2D eigenvalue weighted by Gasteiger charge is 2.48. The molecule has 2 aromatic carbocycles. The van der Waals surface area contributed by atoms with E-state index in [0.29, 0.717) is 30.3 Å². The number of carbonyl (C=O) groups is 2. The summed E-state index contributed by atoms with van der Waals surface area (Å²) in [6.07, 6.45) is 1.94. The fourth-order valence-electron chi connectivity index (χ4n) is 4.89. The maximum Gasteiger partial charge on any atom is 0.309 e. The van der Waals surface area contributed by atoms with Crippen molar-refractivity contribution in [1.29, 1.82) is 0 Å². The zero-order valence-corrected chi connectivity index (χ0v) is 19.9. The molecule has 3 atom stereocenters. The second-order valence-electron chi connectivity index (χ2n) is 8.90. The quantitative estimate of drug-likeness (QED) is 0.602. The van der Waals surface area contributed by atoms with Gasteiger partial charge in [0, 0.05) is 32.1 Å². The molecule has 34 heavy (non-hydrogen) atoms. The molecule has 0 saturated carbocycles. The Morgan fingerprint density at radius 1 is 1.12 bits per heavy atom. The predicted octanol–water partition coefficient (Wildman–Crippen LogP) is 3.52. The first-order chi connectivity index (χ1) is 16.4. The lowest BCUT2D eigenvalue weighted by atomic mass is 9.82. The molecule has 4 rings (SSSR count). The largest absolute Gasteiger partial charge is 0.497 e. The van der Waals surface area contributed by atoms with Crippen LogP contribution in [-0.4, -0.2) is 67.4 Å². The molecule has 1 saturated heterocycles. The van der Waals surface area contributed by atoms with Crippen molar-refractivity contribution in [2.45, 2.75) is 31.7 Å². The second-order valence-corrected chi connectivity index (χ2v) is 8.90. The molecule has 1 amide bonds. The van der Waals surface area contributed by atoms with E-state index in [0.717, 1.165) is 24.0 Å². The standard InChI is InChI=1S/C26H32N2O6/c1-4-5-12-27(2)23(29)15-28-14-20(18-8-11-21-22(13-18)34-16-33-21)24(26(30)31)25(28)17-6-9-19(32-3)10-7-17/h6-11,13,20,24-25H,4-5,12,14-16H2,1-3H3,(H,30,31)/t20?,24-,25+/m0/s1. The summed E-state index contributed by atoms with van der Waals surface area (Å²) in [5.41, 5.74) is 1.71. The smallest absolute Gasteiger partial charge is 0.309 e. The molecule has 2 heterocycles. The molecule has 0 aliphatic carbocycles. The van der Waals surface area contributed by atoms with Crippen LogP contribution in [0.25, 0.3) is 0 Å². The van der Waals surface area contributed by atoms with Crippen LogP contribution in [0.2, 0.25) is 0 Å². The molecular formula is C26H32N2O6. The van der Waals surface area contributed by atoms with Gasteiger partial charge in [0.05, 0.1) is 19.6 Å². The van der Waals surface area contributed by atoms with E-state index in [1.807, 2.05) is 47.4 Å². The number of likely N-dealkylation sites (tertiary alicyclic amines) is 1. The molecule has 0 aromatic heterocycles. The lowest BCUT2D eigenvalue weighted by Crippen LogP contribution is -2.39. The molecule has 2 aliphatic heterocycles. The van der Waals surface area contributed by atoms with Crippen molar-refractivity contribution in [3.8, 4) is 17.2 Å². The summed E-state index contributed by atoms with van der Waals surface area (Å²) in [5.74, 6) is 0.0276. The van der Waals surface area contributed by atoms with Crippen LogP contribution in [0, 0.1) is 5.92 Å². The Morgan fingerprint density at radius 2 is 1.82 bits per heavy atom. The van der Waals surface area contributed by atoms with E-state index in [1.165, 1.54) is 0 Å². The molecular weight excluding hydrogens is 436 g/mol. The second kappa shape index (κ2) is 10.3. The summed E-state index contributed by atoms with van der Waals surface area (Å²) in [7, 11) is 3.40. The minimum absolute atomic E-state index is 0.0116. The van der Waals surface area contributed by atoms with Crippen LogP contribution in [0.5, 0.6) is 17.2 Å². The Morgan fingerprint density at radius 3 is 2.50 bits per heavy atom. The Kier molecular flexibility index (Phi) is 7.26. The number of unbranched alkanes of at least 4 members (excludes halogenated alkanes) is 1. The van der Waals surface area contributed by atoms with E-state index in [2.05, 4.69) is 6.92 Å². The molecule has 1 N–H and O–H groups in total. The van der Waals surface area contributed by atoms with Crippen LogP contribution in [0.1, 0.15) is 42.9 Å². The third-order valence-electron chi connectivity index (χ3n) is 6.78. The summed E-state index contributed by atoms with van der Waals surface area (Å²) in [5, 5.41) is 10.3. The maximum atomic E-state index is 13.0. The average Bonchev–Trinajstić information content (AvgIpc) is 3.46. The fraction of sp³-hybridized carbons (Fsp3) is 0.462. The van der Waals surface area contributed by atoms with Crippen molar-refractivity contribution in [1.82, 2.24) is 9.80 Å². The van der Waals surface area contributed by atoms with Gasteiger partial charge in [0.1, 0.15) is 5.75 Å². The van der Waals surface area contributed by atoms with Crippen LogP contribution >= 0.6 is 0 Å². The number of carboxylic acids is 1. The van der Waals surface area contributed by atoms with E-state index in [9.17, 15) is 14.7 Å². The number of likely N-dealkylation sites (N-methyl/N-ethyl adjacent to an activating group) is 1. The number of hydrogen-bond acceptors (Lipinski definition) is 6. The van der Waals surface area contributed by atoms with Gasteiger partial charge in [0.15, 0.2) is 11.5 Å². The maximum absolute atomic E-state index is 13.0. The van der Waals surface area contributed by atoms with Gasteiger partial charge in [0.2, 0.25) is 12.7 Å². The molecule has 182 valence electrons. The van der Waals surface area contributed by atoms with E-state index in [4.69, 9.17) is 14.2 Å². The third-order valence-corrected chi connectivity index (χ3v) is 6.78. The first-order valence-electron chi connectivity index (χ1n) is 11.7. The SMILES string of the molecule is CCCCN(C)C(=O)CN1CC(c2ccc3c(c2)OCO3)[C@H](C(=O)O)[C@H]1c1ccc(OC)cc1. The number of benzene rings is 2. The lowest BCUT2D eigenvalue weighted by Gasteiger charge is -2.28. The number of amides is 1. The van der Waals surface area contributed by atoms with Crippen molar-refractivity contribution >= 4 is 11.9 Å². The van der Waals surface area contributed by atoms with Gasteiger partial charge >= 0.3 is 5.97 Å². The molecule has 0 bridgehead atoms. The third kappa shape index (κ3) is 4.82. The van der Waals surface area contributed by atoms with E-state index in [1.54, 1.807) is 19.1 Å². The molecule has 2 aliphatic rings. The summed E-state index contributed by atoms with van der Waals surface area (Å²) in [6.45, 7) is 3.53. The number of fused-ring (bicyclic) bond motifs is 1. The minimum atomic E-state index is -0.891. The zero-order valence-electron chi connectivity index (χ0n) is 19.9. The zero-order chi connectivity index (χ0) is 24.2. The highest BCUT2D eigenvalue weighted by Crippen LogP contribution is 2.47. The molecule has 8 nitrogen and oxygen atoms in total. The Bertz CT molecular complexity index is 1020. The number of aliphatic carboxylic acids is 1. The fourth-order valence-corrected chi connectivity index (χ4v) is 4.89. The molecule has 2 aromatic rings. The van der Waals surface area contributed by atoms with E-state index >= 15 is 0 Å². The number of ether oxygens (including phenoxy) is 3. The summed E-state index contributed by atoms with van der Waals surface area (Å²) in [6, 6.07) is 12.6. The summed E-state index contributed by atoms with van der Waals surface area (Å²) >= 11 is 0. The van der Waals surface area contributed by atoms with Crippen molar-refractivity contribution < 1.29 is 28.9 Å². The summed E-state index contributed by atoms with van der Waals surface area (Å²) in [4.78, 5) is 29.4. The van der Waals surface area contributed by atoms with Crippen LogP contribution in [0.15, 0.2) is 42.5 Å². The Labute approximate surface area is 200 Å². The van der Waals surface area contributed by atoms with Gasteiger partial charge in [-0.1, -0.05) is 31.5 Å². The van der Waals surface area contributed by atoms with Gasteiger partial charge in [-0.15, -0.1) is 0 Å². The van der Waals surface area contributed by atoms with Crippen LogP contribution in [0.4, 0.5) is 0 Å². The van der Waals surface area contributed by atoms with Gasteiger partial charge < -0.3 is 24.2 Å². The average molecular weight is 469 g/mol. The summed E-state index contributed by atoms with van der Waals surface area (Å²) < 4.78 is 16.2. The molecule has 0 spiro atoms. The monoisotopic (exact) mass is 468 g/mol. The van der Waals surface area contributed by atoms with Crippen molar-refractivity contribution in [2.75, 3.05) is 40.6 Å². The molecule has 1 unspecified atom stereocenters. The first-order valence-corrected chi connectivity index (χ1v) is 11.7. The predicted molar refractivity (Wildman–Crippen MR) is 126 cm³/mol. The molecule has 8 heteroatoms. The van der Waals surface area contributed by atoms with Gasteiger partial charge in [0.25, 0.3) is 0 Å². The lowest BCUT2D eigenvalue weighted by molar-refractivity contribution is -0.143. The number of nitrogens with zero attached hydrogens (tertiary/aromatic N) is 2. The number of rotatable bonds is 9. The number of carbonyl (C=O) groups excluding carboxylic acids is 1. The topological polar surface area (TPSA) is 88.5 Å². The van der Waals surface area contributed by atoms with Crippen LogP contribution in [-0.2, 0) is 9.59 Å². The van der Waals surface area contributed by atoms with Gasteiger partial charge in [-0.25, -0.2) is 0 Å². The van der Waals surface area contributed by atoms with Crippen molar-refractivity contribution in [2.24, 2.45) is 5.92 Å². The van der Waals surface area contributed by atoms with Crippen molar-refractivity contribution in [3.05, 3.63) is 53.6 Å². The van der Waals surface area contributed by atoms with Gasteiger partial charge in [-0.3, -0.25) is 14.5 Å². The number of hydrogen-bond donors (Lipinski definition) is 1. The highest BCUT2D eigenvalue weighted by atomic mass is 16.7.